The third-order valence-corrected chi connectivity index (χ3v) is 3.98. The molecule has 2 rings (SSSR count). The average molecular weight is 404 g/mol. The van der Waals surface area contributed by atoms with Crippen LogP contribution in [0, 0.1) is 11.6 Å². The molecule has 0 unspecified atom stereocenters. The first-order valence-corrected chi connectivity index (χ1v) is 9.44. The van der Waals surface area contributed by atoms with E-state index in [4.69, 9.17) is 4.74 Å². The lowest BCUT2D eigenvalue weighted by molar-refractivity contribution is 0.0963. The summed E-state index contributed by atoms with van der Waals surface area (Å²) in [6.45, 7) is 3.76. The molecule has 3 N–H and O–H groups in total. The van der Waals surface area contributed by atoms with Gasteiger partial charge in [0.1, 0.15) is 12.4 Å². The number of nitrogens with one attached hydrogen (secondary N) is 3. The Morgan fingerprint density at radius 2 is 1.97 bits per heavy atom. The van der Waals surface area contributed by atoms with Crippen LogP contribution in [0.25, 0.3) is 0 Å². The highest BCUT2D eigenvalue weighted by molar-refractivity contribution is 5.94. The molecule has 0 aliphatic carbocycles. The molecule has 0 aliphatic rings. The minimum Gasteiger partial charge on any atom is -0.489 e. The molecule has 0 radical (unpaired) electrons. The van der Waals surface area contributed by atoms with E-state index in [0.29, 0.717) is 37.6 Å². The quantitative estimate of drug-likeness (QED) is 0.341. The van der Waals surface area contributed by atoms with E-state index in [9.17, 15) is 13.6 Å². The summed E-state index contributed by atoms with van der Waals surface area (Å²) in [4.78, 5) is 16.2. The fourth-order valence-corrected chi connectivity index (χ4v) is 2.57. The minimum atomic E-state index is -0.732. The summed E-state index contributed by atoms with van der Waals surface area (Å²) in [7, 11) is 1.60. The highest BCUT2D eigenvalue weighted by atomic mass is 19.1. The number of aliphatic imine (C=N–C) groups is 1. The second-order valence-corrected chi connectivity index (χ2v) is 6.14. The first-order valence-electron chi connectivity index (χ1n) is 9.44. The molecule has 0 aliphatic heterocycles. The standard InChI is InChI=1S/C21H26F2N4O2/c1-3-25-21(27-11-12-29-19-8-7-17(22)14-18(19)23)26-10-9-15-5-4-6-16(13-15)20(28)24-2/h4-8,13-14H,3,9-12H2,1-2H3,(H,24,28)(H2,25,26,27). The molecule has 0 bridgehead atoms. The molecule has 0 atom stereocenters. The van der Waals surface area contributed by atoms with Crippen LogP contribution in [0.5, 0.6) is 5.75 Å². The van der Waals surface area contributed by atoms with Gasteiger partial charge in [0.2, 0.25) is 0 Å². The maximum absolute atomic E-state index is 13.5. The van der Waals surface area contributed by atoms with Crippen LogP contribution in [0.4, 0.5) is 8.78 Å². The summed E-state index contributed by atoms with van der Waals surface area (Å²) in [5.74, 6) is -0.882. The Labute approximate surface area is 169 Å². The first kappa shape index (κ1) is 22.1. The molecule has 8 heteroatoms. The lowest BCUT2D eigenvalue weighted by Gasteiger charge is -2.12. The number of carbonyl (C=O) groups excluding carboxylic acids is 1. The second kappa shape index (κ2) is 11.6. The van der Waals surface area contributed by atoms with E-state index in [1.165, 1.54) is 6.07 Å². The molecule has 2 aromatic carbocycles. The summed E-state index contributed by atoms with van der Waals surface area (Å²) >= 11 is 0. The van der Waals surface area contributed by atoms with Crippen LogP contribution in [-0.4, -0.2) is 45.2 Å². The fourth-order valence-electron chi connectivity index (χ4n) is 2.57. The minimum absolute atomic E-state index is 0.00568. The fraction of sp³-hybridized carbons (Fsp3) is 0.333. The van der Waals surface area contributed by atoms with Crippen molar-refractivity contribution in [2.75, 3.05) is 33.3 Å². The average Bonchev–Trinajstić information content (AvgIpc) is 2.72. The molecule has 1 amide bonds. The zero-order valence-corrected chi connectivity index (χ0v) is 16.6. The number of carbonyl (C=O) groups is 1. The number of hydrogen-bond acceptors (Lipinski definition) is 3. The molecular formula is C21H26F2N4O2. The SMILES string of the molecule is CCNC(=NCCc1cccc(C(=O)NC)c1)NCCOc1ccc(F)cc1F. The Morgan fingerprint density at radius 3 is 2.69 bits per heavy atom. The van der Waals surface area contributed by atoms with Crippen LogP contribution in [0.3, 0.4) is 0 Å². The third kappa shape index (κ3) is 7.40. The summed E-state index contributed by atoms with van der Waals surface area (Å²) in [6.07, 6.45) is 0.679. The predicted octanol–water partition coefficient (Wildman–Crippen LogP) is 2.50. The van der Waals surface area contributed by atoms with Gasteiger partial charge in [0.05, 0.1) is 6.54 Å². The number of rotatable bonds is 9. The molecule has 0 saturated heterocycles. The van der Waals surface area contributed by atoms with E-state index < -0.39 is 11.6 Å². The molecule has 0 saturated carbocycles. The van der Waals surface area contributed by atoms with Crippen molar-refractivity contribution in [3.63, 3.8) is 0 Å². The van der Waals surface area contributed by atoms with Gasteiger partial charge in [-0.15, -0.1) is 0 Å². The van der Waals surface area contributed by atoms with E-state index in [-0.39, 0.29) is 18.3 Å². The Morgan fingerprint density at radius 1 is 1.14 bits per heavy atom. The summed E-state index contributed by atoms with van der Waals surface area (Å²) in [5.41, 5.74) is 1.63. The van der Waals surface area contributed by atoms with Gasteiger partial charge in [-0.1, -0.05) is 12.1 Å². The van der Waals surface area contributed by atoms with E-state index in [0.717, 1.165) is 17.7 Å². The van der Waals surface area contributed by atoms with Crippen molar-refractivity contribution < 1.29 is 18.3 Å². The van der Waals surface area contributed by atoms with E-state index in [2.05, 4.69) is 20.9 Å². The molecule has 29 heavy (non-hydrogen) atoms. The summed E-state index contributed by atoms with van der Waals surface area (Å²) in [6, 6.07) is 10.6. The Bertz CT molecular complexity index is 843. The van der Waals surface area contributed by atoms with Gasteiger partial charge in [-0.2, -0.15) is 0 Å². The highest BCUT2D eigenvalue weighted by Gasteiger charge is 2.06. The Kier molecular flexibility index (Phi) is 8.88. The van der Waals surface area contributed by atoms with Crippen molar-refractivity contribution in [3.8, 4) is 5.75 Å². The van der Waals surface area contributed by atoms with Crippen LogP contribution < -0.4 is 20.7 Å². The molecule has 0 aromatic heterocycles. The number of amides is 1. The number of benzene rings is 2. The smallest absolute Gasteiger partial charge is 0.251 e. The molecule has 2 aromatic rings. The molecule has 0 heterocycles. The lowest BCUT2D eigenvalue weighted by atomic mass is 10.1. The Balaban J connectivity index is 1.82. The number of guanidine groups is 1. The number of nitrogens with zero attached hydrogens (tertiary/aromatic N) is 1. The van der Waals surface area contributed by atoms with Crippen molar-refractivity contribution in [1.82, 2.24) is 16.0 Å². The predicted molar refractivity (Wildman–Crippen MR) is 109 cm³/mol. The van der Waals surface area contributed by atoms with Gasteiger partial charge in [0.15, 0.2) is 17.5 Å². The van der Waals surface area contributed by atoms with Crippen LogP contribution >= 0.6 is 0 Å². The largest absolute Gasteiger partial charge is 0.489 e. The number of halogens is 2. The van der Waals surface area contributed by atoms with Gasteiger partial charge >= 0.3 is 0 Å². The maximum Gasteiger partial charge on any atom is 0.251 e. The highest BCUT2D eigenvalue weighted by Crippen LogP contribution is 2.17. The monoisotopic (exact) mass is 404 g/mol. The normalized spacial score (nSPS) is 11.1. The number of hydrogen-bond donors (Lipinski definition) is 3. The van der Waals surface area contributed by atoms with Crippen LogP contribution in [0.15, 0.2) is 47.5 Å². The maximum atomic E-state index is 13.5. The first-order chi connectivity index (χ1) is 14.0. The van der Waals surface area contributed by atoms with Gasteiger partial charge < -0.3 is 20.7 Å². The summed E-state index contributed by atoms with van der Waals surface area (Å²) in [5, 5.41) is 8.83. The molecule has 156 valence electrons. The van der Waals surface area contributed by atoms with E-state index >= 15 is 0 Å². The Hall–Kier alpha value is -3.16. The van der Waals surface area contributed by atoms with E-state index in [1.807, 2.05) is 25.1 Å². The van der Waals surface area contributed by atoms with E-state index in [1.54, 1.807) is 13.1 Å². The summed E-state index contributed by atoms with van der Waals surface area (Å²) < 4.78 is 31.8. The van der Waals surface area contributed by atoms with Gasteiger partial charge in [0, 0.05) is 31.8 Å². The molecule has 6 nitrogen and oxygen atoms in total. The second-order valence-electron chi connectivity index (χ2n) is 6.14. The zero-order valence-electron chi connectivity index (χ0n) is 16.6. The molecule has 0 fully saturated rings. The van der Waals surface area contributed by atoms with Crippen LogP contribution in [-0.2, 0) is 6.42 Å². The zero-order chi connectivity index (χ0) is 21.1. The van der Waals surface area contributed by atoms with Crippen molar-refractivity contribution in [1.29, 1.82) is 0 Å². The van der Waals surface area contributed by atoms with Crippen LogP contribution in [0.1, 0.15) is 22.8 Å². The van der Waals surface area contributed by atoms with Crippen molar-refractivity contribution in [2.24, 2.45) is 4.99 Å². The van der Waals surface area contributed by atoms with Gasteiger partial charge in [-0.05, 0) is 43.2 Å². The van der Waals surface area contributed by atoms with Gasteiger partial charge in [-0.25, -0.2) is 8.78 Å². The van der Waals surface area contributed by atoms with Crippen molar-refractivity contribution in [2.45, 2.75) is 13.3 Å². The van der Waals surface area contributed by atoms with Gasteiger partial charge in [0.25, 0.3) is 5.91 Å². The van der Waals surface area contributed by atoms with Crippen LogP contribution in [0.2, 0.25) is 0 Å². The number of ether oxygens (including phenoxy) is 1. The molecule has 0 spiro atoms. The lowest BCUT2D eigenvalue weighted by Crippen LogP contribution is -2.39. The van der Waals surface area contributed by atoms with Gasteiger partial charge in [-0.3, -0.25) is 9.79 Å². The molecular weight excluding hydrogens is 378 g/mol. The third-order valence-electron chi connectivity index (χ3n) is 3.98. The van der Waals surface area contributed by atoms with Crippen molar-refractivity contribution in [3.05, 3.63) is 65.2 Å². The topological polar surface area (TPSA) is 74.8 Å². The van der Waals surface area contributed by atoms with Crippen molar-refractivity contribution >= 4 is 11.9 Å².